The number of fused-ring (bicyclic) bond motifs is 5. The molecule has 5 atom stereocenters. The highest BCUT2D eigenvalue weighted by atomic mass is 16.5. The highest BCUT2D eigenvalue weighted by Crippen LogP contribution is 2.61. The van der Waals surface area contributed by atoms with Crippen molar-refractivity contribution in [2.24, 2.45) is 17.3 Å². The zero-order valence-corrected chi connectivity index (χ0v) is 16.2. The zero-order valence-electron chi connectivity index (χ0n) is 16.2. The van der Waals surface area contributed by atoms with Gasteiger partial charge in [0.25, 0.3) is 0 Å². The first-order valence-electron chi connectivity index (χ1n) is 10.5. The molecule has 0 spiro atoms. The van der Waals surface area contributed by atoms with Crippen molar-refractivity contribution in [1.82, 2.24) is 0 Å². The summed E-state index contributed by atoms with van der Waals surface area (Å²) in [7, 11) is 0. The normalized spacial score (nSPS) is 35.3. The molecule has 0 radical (unpaired) electrons. The molecular weight excluding hydrogens is 324 g/mol. The van der Waals surface area contributed by atoms with Crippen molar-refractivity contribution >= 4 is 5.97 Å². The Hall–Kier alpha value is -1.51. The van der Waals surface area contributed by atoms with E-state index in [9.17, 15) is 9.90 Å². The van der Waals surface area contributed by atoms with Crippen LogP contribution in [-0.4, -0.2) is 17.2 Å². The van der Waals surface area contributed by atoms with Gasteiger partial charge in [0, 0.05) is 11.8 Å². The number of rotatable bonds is 4. The number of benzene rings is 1. The Balaban J connectivity index is 1.51. The van der Waals surface area contributed by atoms with Crippen molar-refractivity contribution in [2.75, 3.05) is 0 Å². The largest absolute Gasteiger partial charge is 0.508 e. The van der Waals surface area contributed by atoms with Crippen LogP contribution in [0.3, 0.4) is 0 Å². The van der Waals surface area contributed by atoms with Gasteiger partial charge in [-0.1, -0.05) is 26.3 Å². The van der Waals surface area contributed by atoms with E-state index in [0.717, 1.165) is 32.1 Å². The van der Waals surface area contributed by atoms with Gasteiger partial charge in [-0.25, -0.2) is 0 Å². The van der Waals surface area contributed by atoms with Crippen LogP contribution in [0.15, 0.2) is 18.2 Å². The monoisotopic (exact) mass is 356 g/mol. The number of hydrogen-bond acceptors (Lipinski definition) is 3. The zero-order chi connectivity index (χ0) is 18.3. The van der Waals surface area contributed by atoms with Crippen LogP contribution in [0.1, 0.15) is 82.3 Å². The van der Waals surface area contributed by atoms with Crippen molar-refractivity contribution in [3.8, 4) is 5.75 Å². The Labute approximate surface area is 157 Å². The Morgan fingerprint density at radius 1 is 1.27 bits per heavy atom. The van der Waals surface area contributed by atoms with Crippen molar-refractivity contribution < 1.29 is 14.6 Å². The standard InChI is InChI=1S/C23H32O3/c1-3-4-5-22(25)26-21-11-10-20-19-8-6-15-14-16(24)7-9-17(15)18(19)12-13-23(20,21)2/h7,9,14,18-21,24H,3-6,8,10-13H2,1-2H3/t18?,19?,20?,21-,23?/m0/s1. The topological polar surface area (TPSA) is 46.5 Å². The molecule has 4 rings (SSSR count). The lowest BCUT2D eigenvalue weighted by atomic mass is 9.55. The Kier molecular flexibility index (Phi) is 4.75. The second-order valence-electron chi connectivity index (χ2n) is 9.00. The molecule has 1 aromatic rings. The minimum absolute atomic E-state index is 0.00492. The molecule has 0 bridgehead atoms. The molecule has 0 amide bonds. The number of phenolic OH excluding ortho intramolecular Hbond substituents is 1. The van der Waals surface area contributed by atoms with E-state index in [0.29, 0.717) is 29.9 Å². The number of hydrogen-bond donors (Lipinski definition) is 1. The van der Waals surface area contributed by atoms with E-state index >= 15 is 0 Å². The molecule has 0 aliphatic heterocycles. The number of ether oxygens (including phenoxy) is 1. The Morgan fingerprint density at radius 2 is 2.12 bits per heavy atom. The third kappa shape index (κ3) is 2.93. The van der Waals surface area contributed by atoms with Crippen molar-refractivity contribution in [2.45, 2.75) is 83.7 Å². The first kappa shape index (κ1) is 17.9. The molecule has 4 unspecified atom stereocenters. The maximum absolute atomic E-state index is 12.2. The lowest BCUT2D eigenvalue weighted by Gasteiger charge is -2.50. The molecule has 1 N–H and O–H groups in total. The molecule has 0 aromatic heterocycles. The molecule has 1 aromatic carbocycles. The Bertz CT molecular complexity index is 682. The predicted molar refractivity (Wildman–Crippen MR) is 102 cm³/mol. The lowest BCUT2D eigenvalue weighted by Crippen LogP contribution is -2.45. The van der Waals surface area contributed by atoms with E-state index in [-0.39, 0.29) is 17.5 Å². The summed E-state index contributed by atoms with van der Waals surface area (Å²) in [5.74, 6) is 2.37. The number of aromatic hydroxyl groups is 1. The van der Waals surface area contributed by atoms with Gasteiger partial charge in [-0.15, -0.1) is 0 Å². The van der Waals surface area contributed by atoms with E-state index in [1.165, 1.54) is 30.4 Å². The smallest absolute Gasteiger partial charge is 0.306 e. The molecule has 0 saturated heterocycles. The van der Waals surface area contributed by atoms with Crippen molar-refractivity contribution in [3.05, 3.63) is 29.3 Å². The van der Waals surface area contributed by atoms with Crippen LogP contribution in [0.5, 0.6) is 5.75 Å². The van der Waals surface area contributed by atoms with Crippen LogP contribution in [0.4, 0.5) is 0 Å². The maximum Gasteiger partial charge on any atom is 0.306 e. The summed E-state index contributed by atoms with van der Waals surface area (Å²) in [5.41, 5.74) is 2.96. The number of phenols is 1. The maximum atomic E-state index is 12.2. The molecule has 3 aliphatic carbocycles. The van der Waals surface area contributed by atoms with Crippen LogP contribution < -0.4 is 0 Å². The molecular formula is C23H32O3. The number of carbonyl (C=O) groups excluding carboxylic acids is 1. The van der Waals surface area contributed by atoms with Gasteiger partial charge < -0.3 is 9.84 Å². The summed E-state index contributed by atoms with van der Waals surface area (Å²) in [4.78, 5) is 12.2. The summed E-state index contributed by atoms with van der Waals surface area (Å²) < 4.78 is 5.98. The molecule has 142 valence electrons. The van der Waals surface area contributed by atoms with Gasteiger partial charge in [-0.3, -0.25) is 4.79 Å². The summed E-state index contributed by atoms with van der Waals surface area (Å²) in [6.45, 7) is 4.49. The van der Waals surface area contributed by atoms with Gasteiger partial charge in [0.05, 0.1) is 0 Å². The van der Waals surface area contributed by atoms with Gasteiger partial charge in [-0.05, 0) is 86.0 Å². The third-order valence-electron chi connectivity index (χ3n) is 7.63. The van der Waals surface area contributed by atoms with Gasteiger partial charge in [-0.2, -0.15) is 0 Å². The quantitative estimate of drug-likeness (QED) is 0.740. The molecule has 3 heteroatoms. The van der Waals surface area contributed by atoms with Gasteiger partial charge in [0.15, 0.2) is 0 Å². The van der Waals surface area contributed by atoms with E-state index < -0.39 is 0 Å². The van der Waals surface area contributed by atoms with Crippen LogP contribution in [0.2, 0.25) is 0 Å². The first-order valence-corrected chi connectivity index (χ1v) is 10.5. The average Bonchev–Trinajstić information content (AvgIpc) is 2.96. The number of carbonyl (C=O) groups is 1. The Morgan fingerprint density at radius 3 is 2.92 bits per heavy atom. The molecule has 3 aliphatic rings. The fraction of sp³-hybridized carbons (Fsp3) is 0.696. The first-order chi connectivity index (χ1) is 12.5. The minimum Gasteiger partial charge on any atom is -0.508 e. The van der Waals surface area contributed by atoms with E-state index in [1.807, 2.05) is 12.1 Å². The summed E-state index contributed by atoms with van der Waals surface area (Å²) in [5, 5.41) is 9.81. The molecule has 0 heterocycles. The highest BCUT2D eigenvalue weighted by molar-refractivity contribution is 5.69. The van der Waals surface area contributed by atoms with Gasteiger partial charge >= 0.3 is 5.97 Å². The van der Waals surface area contributed by atoms with Gasteiger partial charge in [0.2, 0.25) is 0 Å². The van der Waals surface area contributed by atoms with Crippen LogP contribution in [0, 0.1) is 17.3 Å². The van der Waals surface area contributed by atoms with Gasteiger partial charge in [0.1, 0.15) is 11.9 Å². The SMILES string of the molecule is CCCCC(=O)O[C@H]1CCC2C3CCc4cc(O)ccc4C3CCC21C. The predicted octanol–water partition coefficient (Wildman–Crippen LogP) is 5.35. The lowest BCUT2D eigenvalue weighted by molar-refractivity contribution is -0.157. The van der Waals surface area contributed by atoms with Crippen LogP contribution in [0.25, 0.3) is 0 Å². The number of esters is 1. The van der Waals surface area contributed by atoms with E-state index in [1.54, 1.807) is 0 Å². The minimum atomic E-state index is 0.00492. The molecule has 2 saturated carbocycles. The number of aryl methyl sites for hydroxylation is 1. The van der Waals surface area contributed by atoms with Crippen molar-refractivity contribution in [3.63, 3.8) is 0 Å². The fourth-order valence-electron chi connectivity index (χ4n) is 6.25. The highest BCUT2D eigenvalue weighted by Gasteiger charge is 2.56. The van der Waals surface area contributed by atoms with Crippen LogP contribution >= 0.6 is 0 Å². The second-order valence-corrected chi connectivity index (χ2v) is 9.00. The van der Waals surface area contributed by atoms with Crippen molar-refractivity contribution in [1.29, 1.82) is 0 Å². The summed E-state index contributed by atoms with van der Waals surface area (Å²) >= 11 is 0. The number of unbranched alkanes of at least 4 members (excludes halogenated alkanes) is 1. The summed E-state index contributed by atoms with van der Waals surface area (Å²) in [6, 6.07) is 5.97. The van der Waals surface area contributed by atoms with E-state index in [2.05, 4.69) is 19.9 Å². The van der Waals surface area contributed by atoms with E-state index in [4.69, 9.17) is 4.74 Å². The average molecular weight is 357 g/mol. The summed E-state index contributed by atoms with van der Waals surface area (Å²) in [6.07, 6.45) is 9.47. The van der Waals surface area contributed by atoms with Crippen LogP contribution in [-0.2, 0) is 16.0 Å². The molecule has 3 nitrogen and oxygen atoms in total. The fourth-order valence-corrected chi connectivity index (χ4v) is 6.25. The second kappa shape index (κ2) is 6.90. The molecule has 26 heavy (non-hydrogen) atoms. The third-order valence-corrected chi connectivity index (χ3v) is 7.63. The molecule has 2 fully saturated rings.